The van der Waals surface area contributed by atoms with Crippen LogP contribution in [-0.2, 0) is 4.79 Å². The SMILES string of the molecule is CCN(CC)CCCNC(=O)NC1C=CC(C(=O)O)C1. The van der Waals surface area contributed by atoms with E-state index in [1.807, 2.05) is 0 Å². The zero-order chi connectivity index (χ0) is 15.0. The van der Waals surface area contributed by atoms with E-state index in [4.69, 9.17) is 5.11 Å². The van der Waals surface area contributed by atoms with Gasteiger partial charge in [-0.2, -0.15) is 0 Å². The molecule has 114 valence electrons. The number of carbonyl (C=O) groups excluding carboxylic acids is 1. The van der Waals surface area contributed by atoms with Crippen LogP contribution in [0.3, 0.4) is 0 Å². The Morgan fingerprint density at radius 3 is 2.55 bits per heavy atom. The summed E-state index contributed by atoms with van der Waals surface area (Å²) in [4.78, 5) is 24.7. The van der Waals surface area contributed by atoms with Crippen molar-refractivity contribution >= 4 is 12.0 Å². The first-order chi connectivity index (χ1) is 9.56. The molecule has 3 N–H and O–H groups in total. The largest absolute Gasteiger partial charge is 0.481 e. The molecule has 0 aliphatic heterocycles. The Morgan fingerprint density at radius 2 is 2.00 bits per heavy atom. The van der Waals surface area contributed by atoms with Crippen LogP contribution in [-0.4, -0.2) is 54.2 Å². The molecule has 0 aromatic rings. The van der Waals surface area contributed by atoms with Crippen molar-refractivity contribution in [2.24, 2.45) is 5.92 Å². The van der Waals surface area contributed by atoms with Crippen molar-refractivity contribution in [1.29, 1.82) is 0 Å². The third kappa shape index (κ3) is 5.61. The molecule has 2 unspecified atom stereocenters. The summed E-state index contributed by atoms with van der Waals surface area (Å²) < 4.78 is 0. The molecule has 0 aromatic heterocycles. The first-order valence-corrected chi connectivity index (χ1v) is 7.24. The average molecular weight is 283 g/mol. The van der Waals surface area contributed by atoms with Crippen LogP contribution in [0.4, 0.5) is 4.79 Å². The highest BCUT2D eigenvalue weighted by molar-refractivity contribution is 5.76. The lowest BCUT2D eigenvalue weighted by molar-refractivity contribution is -0.140. The third-order valence-electron chi connectivity index (χ3n) is 3.55. The van der Waals surface area contributed by atoms with Crippen LogP contribution >= 0.6 is 0 Å². The highest BCUT2D eigenvalue weighted by Gasteiger charge is 2.25. The minimum absolute atomic E-state index is 0.182. The van der Waals surface area contributed by atoms with E-state index in [-0.39, 0.29) is 12.1 Å². The van der Waals surface area contributed by atoms with Crippen LogP contribution in [0.1, 0.15) is 26.7 Å². The fourth-order valence-electron chi connectivity index (χ4n) is 2.25. The number of carbonyl (C=O) groups is 2. The summed E-state index contributed by atoms with van der Waals surface area (Å²) in [6, 6.07) is -0.413. The fourth-order valence-corrected chi connectivity index (χ4v) is 2.25. The van der Waals surface area contributed by atoms with Gasteiger partial charge in [0, 0.05) is 6.54 Å². The van der Waals surface area contributed by atoms with Crippen LogP contribution < -0.4 is 10.6 Å². The summed E-state index contributed by atoms with van der Waals surface area (Å²) in [5.74, 6) is -1.33. The summed E-state index contributed by atoms with van der Waals surface area (Å²) >= 11 is 0. The van der Waals surface area contributed by atoms with Gasteiger partial charge < -0.3 is 20.6 Å². The minimum atomic E-state index is -0.842. The van der Waals surface area contributed by atoms with Gasteiger partial charge in [0.25, 0.3) is 0 Å². The van der Waals surface area contributed by atoms with Gasteiger partial charge in [0.2, 0.25) is 0 Å². The molecule has 0 radical (unpaired) electrons. The van der Waals surface area contributed by atoms with Crippen molar-refractivity contribution in [3.8, 4) is 0 Å². The van der Waals surface area contributed by atoms with Gasteiger partial charge in [-0.15, -0.1) is 0 Å². The molecule has 1 aliphatic carbocycles. The molecule has 0 spiro atoms. The van der Waals surface area contributed by atoms with Crippen molar-refractivity contribution in [3.05, 3.63) is 12.2 Å². The Morgan fingerprint density at radius 1 is 1.30 bits per heavy atom. The van der Waals surface area contributed by atoms with Crippen molar-refractivity contribution in [2.75, 3.05) is 26.2 Å². The molecule has 6 heteroatoms. The highest BCUT2D eigenvalue weighted by atomic mass is 16.4. The van der Waals surface area contributed by atoms with Gasteiger partial charge in [-0.05, 0) is 32.5 Å². The van der Waals surface area contributed by atoms with Crippen LogP contribution in [0.5, 0.6) is 0 Å². The number of carboxylic acids is 1. The first-order valence-electron chi connectivity index (χ1n) is 7.24. The number of nitrogens with one attached hydrogen (secondary N) is 2. The maximum atomic E-state index is 11.6. The Bertz CT molecular complexity index is 354. The zero-order valence-electron chi connectivity index (χ0n) is 12.3. The lowest BCUT2D eigenvalue weighted by atomic mass is 10.1. The molecule has 6 nitrogen and oxygen atoms in total. The summed E-state index contributed by atoms with van der Waals surface area (Å²) in [7, 11) is 0. The number of nitrogens with zero attached hydrogens (tertiary/aromatic N) is 1. The van der Waals surface area contributed by atoms with E-state index in [1.54, 1.807) is 12.2 Å². The summed E-state index contributed by atoms with van der Waals surface area (Å²) in [6.07, 6.45) is 4.72. The second kappa shape index (κ2) is 8.58. The fraction of sp³-hybridized carbons (Fsp3) is 0.714. The topological polar surface area (TPSA) is 81.7 Å². The lowest BCUT2D eigenvalue weighted by Crippen LogP contribution is -2.42. The van der Waals surface area contributed by atoms with Crippen LogP contribution in [0.15, 0.2) is 12.2 Å². The van der Waals surface area contributed by atoms with Crippen LogP contribution in [0.2, 0.25) is 0 Å². The predicted octanol–water partition coefficient (Wildman–Crippen LogP) is 1.05. The second-order valence-electron chi connectivity index (χ2n) is 4.95. The van der Waals surface area contributed by atoms with Crippen molar-refractivity contribution in [3.63, 3.8) is 0 Å². The zero-order valence-corrected chi connectivity index (χ0v) is 12.3. The quantitative estimate of drug-likeness (QED) is 0.459. The summed E-state index contributed by atoms with van der Waals surface area (Å²) in [5, 5.41) is 14.4. The molecule has 1 rings (SSSR count). The van der Waals surface area contributed by atoms with E-state index in [9.17, 15) is 9.59 Å². The van der Waals surface area contributed by atoms with Crippen LogP contribution in [0, 0.1) is 5.92 Å². The maximum absolute atomic E-state index is 11.6. The van der Waals surface area contributed by atoms with Crippen molar-refractivity contribution in [1.82, 2.24) is 15.5 Å². The number of aliphatic carboxylic acids is 1. The number of hydrogen-bond acceptors (Lipinski definition) is 3. The van der Waals surface area contributed by atoms with Gasteiger partial charge in [-0.1, -0.05) is 26.0 Å². The van der Waals surface area contributed by atoms with E-state index >= 15 is 0 Å². The maximum Gasteiger partial charge on any atom is 0.315 e. The van der Waals surface area contributed by atoms with Gasteiger partial charge in [0.05, 0.1) is 12.0 Å². The number of urea groups is 1. The molecule has 2 atom stereocenters. The molecule has 0 bridgehead atoms. The molecule has 0 aromatic carbocycles. The average Bonchev–Trinajstić information content (AvgIpc) is 2.87. The number of amides is 2. The Balaban J connectivity index is 2.13. The monoisotopic (exact) mass is 283 g/mol. The van der Waals surface area contributed by atoms with Gasteiger partial charge in [-0.3, -0.25) is 4.79 Å². The van der Waals surface area contributed by atoms with Gasteiger partial charge in [0.1, 0.15) is 0 Å². The smallest absolute Gasteiger partial charge is 0.315 e. The molecule has 0 fully saturated rings. The summed E-state index contributed by atoms with van der Waals surface area (Å²) in [6.45, 7) is 7.88. The molecule has 2 amide bonds. The van der Waals surface area contributed by atoms with Gasteiger partial charge in [-0.25, -0.2) is 4.79 Å². The third-order valence-corrected chi connectivity index (χ3v) is 3.55. The highest BCUT2D eigenvalue weighted by Crippen LogP contribution is 2.17. The molecule has 0 heterocycles. The van der Waals surface area contributed by atoms with Crippen molar-refractivity contribution in [2.45, 2.75) is 32.7 Å². The van der Waals surface area contributed by atoms with Crippen LogP contribution in [0.25, 0.3) is 0 Å². The number of rotatable bonds is 8. The number of hydrogen-bond donors (Lipinski definition) is 3. The molecular weight excluding hydrogens is 258 g/mol. The first kappa shape index (κ1) is 16.5. The summed E-state index contributed by atoms with van der Waals surface area (Å²) in [5.41, 5.74) is 0. The molecule has 0 saturated carbocycles. The number of carboxylic acid groups (broad SMARTS) is 1. The lowest BCUT2D eigenvalue weighted by Gasteiger charge is -2.18. The standard InChI is InChI=1S/C14H25N3O3/c1-3-17(4-2)9-5-8-15-14(20)16-12-7-6-11(10-12)13(18)19/h6-7,11-12H,3-5,8-10H2,1-2H3,(H,18,19)(H2,15,16,20). The van der Waals surface area contributed by atoms with Gasteiger partial charge in [0.15, 0.2) is 0 Å². The van der Waals surface area contributed by atoms with E-state index in [0.29, 0.717) is 13.0 Å². The Hall–Kier alpha value is -1.56. The van der Waals surface area contributed by atoms with E-state index in [0.717, 1.165) is 26.1 Å². The molecule has 1 aliphatic rings. The molecular formula is C14H25N3O3. The Labute approximate surface area is 120 Å². The molecule has 0 saturated heterocycles. The van der Waals surface area contributed by atoms with Crippen molar-refractivity contribution < 1.29 is 14.7 Å². The minimum Gasteiger partial charge on any atom is -0.481 e. The van der Waals surface area contributed by atoms with E-state index < -0.39 is 11.9 Å². The Kier molecular flexibility index (Phi) is 7.08. The normalized spacial score (nSPS) is 21.1. The van der Waals surface area contributed by atoms with E-state index in [1.165, 1.54) is 0 Å². The predicted molar refractivity (Wildman–Crippen MR) is 77.6 cm³/mol. The second-order valence-corrected chi connectivity index (χ2v) is 4.95. The molecule has 20 heavy (non-hydrogen) atoms. The van der Waals surface area contributed by atoms with E-state index in [2.05, 4.69) is 29.4 Å². The van der Waals surface area contributed by atoms with Gasteiger partial charge >= 0.3 is 12.0 Å².